The lowest BCUT2D eigenvalue weighted by molar-refractivity contribution is 0.554. The van der Waals surface area contributed by atoms with Gasteiger partial charge in [-0.3, -0.25) is 0 Å². The first kappa shape index (κ1) is 11.0. The Balaban J connectivity index is 2.21. The molecule has 2 rings (SSSR count). The minimum absolute atomic E-state index is 0.0793. The fourth-order valence-electron chi connectivity index (χ4n) is 1.76. The van der Waals surface area contributed by atoms with E-state index in [-0.39, 0.29) is 11.2 Å². The Hall–Kier alpha value is -0.540. The highest BCUT2D eigenvalue weighted by Crippen LogP contribution is 2.24. The van der Waals surface area contributed by atoms with E-state index < -0.39 is 0 Å². The van der Waals surface area contributed by atoms with Crippen molar-refractivity contribution in [3.8, 4) is 0 Å². The van der Waals surface area contributed by atoms with Crippen LogP contribution in [0.25, 0.3) is 0 Å². The largest absolute Gasteiger partial charge is 0.353 e. The van der Waals surface area contributed by atoms with Crippen LogP contribution in [0.5, 0.6) is 0 Å². The Kier molecular flexibility index (Phi) is 3.32. The second kappa shape index (κ2) is 4.54. The second-order valence-corrected chi connectivity index (χ2v) is 4.70. The summed E-state index contributed by atoms with van der Waals surface area (Å²) in [6.45, 7) is 1.45. The third-order valence-electron chi connectivity index (χ3n) is 2.45. The standard InChI is InChI=1S/C10H11Cl2FN2/c11-7-2-1-3-15(6-7)10-9(13)4-8(12)5-14-10/h4-5,7H,1-3,6H2. The third kappa shape index (κ3) is 2.52. The van der Waals surface area contributed by atoms with Crippen LogP contribution < -0.4 is 4.90 Å². The molecule has 1 aromatic rings. The summed E-state index contributed by atoms with van der Waals surface area (Å²) in [4.78, 5) is 5.86. The van der Waals surface area contributed by atoms with E-state index in [1.807, 2.05) is 4.90 Å². The van der Waals surface area contributed by atoms with Gasteiger partial charge < -0.3 is 4.90 Å². The Labute approximate surface area is 98.0 Å². The maximum absolute atomic E-state index is 13.5. The van der Waals surface area contributed by atoms with Crippen molar-refractivity contribution in [3.63, 3.8) is 0 Å². The lowest BCUT2D eigenvalue weighted by Gasteiger charge is -2.30. The van der Waals surface area contributed by atoms with E-state index in [4.69, 9.17) is 23.2 Å². The Morgan fingerprint density at radius 1 is 1.53 bits per heavy atom. The van der Waals surface area contributed by atoms with Gasteiger partial charge in [0.15, 0.2) is 11.6 Å². The number of halogens is 3. The van der Waals surface area contributed by atoms with Crippen molar-refractivity contribution in [2.45, 2.75) is 18.2 Å². The van der Waals surface area contributed by atoms with E-state index >= 15 is 0 Å². The number of anilines is 1. The molecule has 1 atom stereocenters. The van der Waals surface area contributed by atoms with Gasteiger partial charge in [-0.1, -0.05) is 11.6 Å². The van der Waals surface area contributed by atoms with Crippen LogP contribution in [-0.2, 0) is 0 Å². The third-order valence-corrected chi connectivity index (χ3v) is 3.01. The molecule has 2 nitrogen and oxygen atoms in total. The Morgan fingerprint density at radius 3 is 3.00 bits per heavy atom. The molecule has 0 bridgehead atoms. The number of alkyl halides is 1. The molecule has 2 heterocycles. The predicted octanol–water partition coefficient (Wildman–Crippen LogP) is 3.08. The molecule has 1 aliphatic rings. The highest BCUT2D eigenvalue weighted by molar-refractivity contribution is 6.30. The normalized spacial score (nSPS) is 21.8. The van der Waals surface area contributed by atoms with Crippen molar-refractivity contribution < 1.29 is 4.39 Å². The minimum Gasteiger partial charge on any atom is -0.353 e. The molecule has 82 valence electrons. The van der Waals surface area contributed by atoms with E-state index in [1.165, 1.54) is 12.3 Å². The number of aromatic nitrogens is 1. The molecule has 1 saturated heterocycles. The number of piperidine rings is 1. The molecular formula is C10H11Cl2FN2. The molecule has 1 unspecified atom stereocenters. The number of rotatable bonds is 1. The molecule has 15 heavy (non-hydrogen) atoms. The molecule has 0 amide bonds. The molecule has 0 radical (unpaired) electrons. The van der Waals surface area contributed by atoms with Crippen molar-refractivity contribution in [1.29, 1.82) is 0 Å². The first-order valence-corrected chi connectivity index (χ1v) is 5.68. The lowest BCUT2D eigenvalue weighted by Crippen LogP contribution is -2.37. The van der Waals surface area contributed by atoms with Crippen LogP contribution in [0.1, 0.15) is 12.8 Å². The molecule has 5 heteroatoms. The summed E-state index contributed by atoms with van der Waals surface area (Å²) >= 11 is 11.7. The summed E-state index contributed by atoms with van der Waals surface area (Å²) < 4.78 is 13.5. The highest BCUT2D eigenvalue weighted by Gasteiger charge is 2.21. The zero-order valence-corrected chi connectivity index (χ0v) is 9.60. The highest BCUT2D eigenvalue weighted by atomic mass is 35.5. The molecule has 1 fully saturated rings. The van der Waals surface area contributed by atoms with Gasteiger partial charge in [0.05, 0.1) is 10.4 Å². The zero-order chi connectivity index (χ0) is 10.8. The van der Waals surface area contributed by atoms with Crippen LogP contribution >= 0.6 is 23.2 Å². The maximum Gasteiger partial charge on any atom is 0.167 e. The first-order valence-electron chi connectivity index (χ1n) is 4.87. The Bertz CT molecular complexity index is 359. The fraction of sp³-hybridized carbons (Fsp3) is 0.500. The SMILES string of the molecule is Fc1cc(Cl)cnc1N1CCCC(Cl)C1. The van der Waals surface area contributed by atoms with Gasteiger partial charge in [0.2, 0.25) is 0 Å². The van der Waals surface area contributed by atoms with Crippen LogP contribution in [0.15, 0.2) is 12.3 Å². The van der Waals surface area contributed by atoms with Gasteiger partial charge >= 0.3 is 0 Å². The second-order valence-electron chi connectivity index (χ2n) is 3.64. The minimum atomic E-state index is -0.381. The van der Waals surface area contributed by atoms with E-state index in [0.717, 1.165) is 19.4 Å². The van der Waals surface area contributed by atoms with E-state index in [0.29, 0.717) is 17.4 Å². The van der Waals surface area contributed by atoms with Crippen molar-refractivity contribution >= 4 is 29.0 Å². The van der Waals surface area contributed by atoms with Crippen molar-refractivity contribution in [2.75, 3.05) is 18.0 Å². The molecule has 0 N–H and O–H groups in total. The van der Waals surface area contributed by atoms with Gasteiger partial charge in [0, 0.05) is 19.3 Å². The quantitative estimate of drug-likeness (QED) is 0.711. The van der Waals surface area contributed by atoms with Crippen molar-refractivity contribution in [2.24, 2.45) is 0 Å². The predicted molar refractivity (Wildman–Crippen MR) is 60.3 cm³/mol. The van der Waals surface area contributed by atoms with Gasteiger partial charge in [0.1, 0.15) is 0 Å². The van der Waals surface area contributed by atoms with Crippen LogP contribution in [0.4, 0.5) is 10.2 Å². The average Bonchev–Trinajstić information content (AvgIpc) is 2.17. The number of hydrogen-bond donors (Lipinski definition) is 0. The van der Waals surface area contributed by atoms with Gasteiger partial charge in [-0.2, -0.15) is 0 Å². The molecular weight excluding hydrogens is 238 g/mol. The number of nitrogens with zero attached hydrogens (tertiary/aromatic N) is 2. The van der Waals surface area contributed by atoms with Crippen molar-refractivity contribution in [3.05, 3.63) is 23.1 Å². The summed E-state index contributed by atoms with van der Waals surface area (Å²) in [6.07, 6.45) is 3.41. The van der Waals surface area contributed by atoms with Gasteiger partial charge in [0.25, 0.3) is 0 Å². The van der Waals surface area contributed by atoms with Crippen LogP contribution in [0, 0.1) is 5.82 Å². The van der Waals surface area contributed by atoms with E-state index in [2.05, 4.69) is 4.98 Å². The summed E-state index contributed by atoms with van der Waals surface area (Å²) in [7, 11) is 0. The topological polar surface area (TPSA) is 16.1 Å². The fourth-order valence-corrected chi connectivity index (χ4v) is 2.22. The summed E-state index contributed by atoms with van der Waals surface area (Å²) in [5.41, 5.74) is 0. The van der Waals surface area contributed by atoms with Gasteiger partial charge in [-0.05, 0) is 18.9 Å². The molecule has 0 aliphatic carbocycles. The zero-order valence-electron chi connectivity index (χ0n) is 8.09. The number of hydrogen-bond acceptors (Lipinski definition) is 2. The summed E-state index contributed by atoms with van der Waals surface area (Å²) in [6, 6.07) is 1.28. The monoisotopic (exact) mass is 248 g/mol. The molecule has 0 saturated carbocycles. The molecule has 0 aromatic carbocycles. The first-order chi connectivity index (χ1) is 7.16. The van der Waals surface area contributed by atoms with Crippen molar-refractivity contribution in [1.82, 2.24) is 4.98 Å². The van der Waals surface area contributed by atoms with Crippen LogP contribution in [-0.4, -0.2) is 23.5 Å². The van der Waals surface area contributed by atoms with Crippen LogP contribution in [0.2, 0.25) is 5.02 Å². The average molecular weight is 249 g/mol. The molecule has 1 aromatic heterocycles. The van der Waals surface area contributed by atoms with Gasteiger partial charge in [-0.25, -0.2) is 9.37 Å². The molecule has 1 aliphatic heterocycles. The Morgan fingerprint density at radius 2 is 2.33 bits per heavy atom. The smallest absolute Gasteiger partial charge is 0.167 e. The number of pyridine rings is 1. The lowest BCUT2D eigenvalue weighted by atomic mass is 10.1. The van der Waals surface area contributed by atoms with Crippen LogP contribution in [0.3, 0.4) is 0 Å². The summed E-state index contributed by atoms with van der Waals surface area (Å²) in [5, 5.41) is 0.395. The van der Waals surface area contributed by atoms with Gasteiger partial charge in [-0.15, -0.1) is 11.6 Å². The van der Waals surface area contributed by atoms with E-state index in [9.17, 15) is 4.39 Å². The maximum atomic E-state index is 13.5. The van der Waals surface area contributed by atoms with E-state index in [1.54, 1.807) is 0 Å². The summed E-state index contributed by atoms with van der Waals surface area (Å²) in [5.74, 6) is -0.0296. The molecule has 0 spiro atoms.